The fraction of sp³-hybridized carbons (Fsp3) is 0.211. The lowest BCUT2D eigenvalue weighted by atomic mass is 10.1. The van der Waals surface area contributed by atoms with Crippen LogP contribution in [0.3, 0.4) is 0 Å². The van der Waals surface area contributed by atoms with Crippen LogP contribution in [0.2, 0.25) is 0 Å². The van der Waals surface area contributed by atoms with Crippen molar-refractivity contribution in [3.8, 4) is 17.1 Å². The van der Waals surface area contributed by atoms with Gasteiger partial charge in [0, 0.05) is 11.1 Å². The smallest absolute Gasteiger partial charge is 0.251 e. The Morgan fingerprint density at radius 2 is 1.90 bits per heavy atom. The molecule has 0 aliphatic carbocycles. The minimum atomic E-state index is -3.39. The summed E-state index contributed by atoms with van der Waals surface area (Å²) in [5.41, 5.74) is 2.20. The lowest BCUT2D eigenvalue weighted by Gasteiger charge is -2.09. The Bertz CT molecular complexity index is 1120. The van der Waals surface area contributed by atoms with Gasteiger partial charge < -0.3 is 14.6 Å². The van der Waals surface area contributed by atoms with Crippen LogP contribution in [0.15, 0.2) is 47.0 Å². The minimum Gasteiger partial charge on any atom is -0.497 e. The van der Waals surface area contributed by atoms with E-state index >= 15 is 0 Å². The van der Waals surface area contributed by atoms with Gasteiger partial charge in [0.05, 0.1) is 25.6 Å². The van der Waals surface area contributed by atoms with Gasteiger partial charge in [0.2, 0.25) is 21.7 Å². The van der Waals surface area contributed by atoms with Crippen LogP contribution in [0.4, 0.5) is 5.69 Å². The molecule has 0 radical (unpaired) electrons. The number of aryl methyl sites for hydroxylation is 1. The van der Waals surface area contributed by atoms with E-state index in [2.05, 4.69) is 20.2 Å². The number of carbonyl (C=O) groups excluding carboxylic acids is 1. The van der Waals surface area contributed by atoms with Crippen molar-refractivity contribution in [2.75, 3.05) is 18.1 Å². The highest BCUT2D eigenvalue weighted by atomic mass is 32.2. The van der Waals surface area contributed by atoms with Crippen molar-refractivity contribution in [2.24, 2.45) is 0 Å². The van der Waals surface area contributed by atoms with Gasteiger partial charge in [0.1, 0.15) is 5.75 Å². The van der Waals surface area contributed by atoms with Gasteiger partial charge in [-0.05, 0) is 55.0 Å². The molecule has 0 spiro atoms. The van der Waals surface area contributed by atoms with Crippen molar-refractivity contribution in [1.29, 1.82) is 0 Å². The highest BCUT2D eigenvalue weighted by molar-refractivity contribution is 7.92. The molecule has 2 N–H and O–H groups in total. The number of nitrogens with zero attached hydrogens (tertiary/aromatic N) is 2. The van der Waals surface area contributed by atoms with Crippen molar-refractivity contribution in [2.45, 2.75) is 13.5 Å². The molecule has 0 bridgehead atoms. The van der Waals surface area contributed by atoms with E-state index in [1.54, 1.807) is 50.4 Å². The van der Waals surface area contributed by atoms with E-state index in [4.69, 9.17) is 9.26 Å². The number of nitrogens with one attached hydrogen (secondary N) is 2. The maximum atomic E-state index is 12.4. The number of aromatic nitrogens is 2. The second-order valence-electron chi connectivity index (χ2n) is 6.33. The summed E-state index contributed by atoms with van der Waals surface area (Å²) >= 11 is 0. The number of hydrogen-bond acceptors (Lipinski definition) is 7. The van der Waals surface area contributed by atoms with Gasteiger partial charge in [-0.2, -0.15) is 4.98 Å². The predicted octanol–water partition coefficient (Wildman–Crippen LogP) is 2.36. The van der Waals surface area contributed by atoms with Crippen LogP contribution in [0.5, 0.6) is 5.75 Å². The molecule has 0 saturated carbocycles. The van der Waals surface area contributed by atoms with Crippen molar-refractivity contribution in [3.63, 3.8) is 0 Å². The first-order valence-electron chi connectivity index (χ1n) is 8.59. The molecule has 0 atom stereocenters. The lowest BCUT2D eigenvalue weighted by molar-refractivity contribution is 0.0946. The number of anilines is 1. The molecule has 0 fully saturated rings. The second-order valence-corrected chi connectivity index (χ2v) is 8.08. The molecule has 1 amide bonds. The summed E-state index contributed by atoms with van der Waals surface area (Å²) in [4.78, 5) is 16.6. The van der Waals surface area contributed by atoms with E-state index in [1.165, 1.54) is 6.07 Å². The van der Waals surface area contributed by atoms with Crippen molar-refractivity contribution in [3.05, 3.63) is 59.5 Å². The topological polar surface area (TPSA) is 123 Å². The molecule has 3 aromatic rings. The molecule has 10 heteroatoms. The molecule has 0 aliphatic rings. The average molecular weight is 416 g/mol. The first-order chi connectivity index (χ1) is 13.7. The summed E-state index contributed by atoms with van der Waals surface area (Å²) in [6.07, 6.45) is 1.07. The highest BCUT2D eigenvalue weighted by Gasteiger charge is 2.13. The molecule has 152 valence electrons. The van der Waals surface area contributed by atoms with Gasteiger partial charge in [-0.1, -0.05) is 5.16 Å². The summed E-state index contributed by atoms with van der Waals surface area (Å²) in [5, 5.41) is 6.61. The first kappa shape index (κ1) is 20.3. The molecule has 0 aliphatic heterocycles. The predicted molar refractivity (Wildman–Crippen MR) is 107 cm³/mol. The zero-order valence-corrected chi connectivity index (χ0v) is 16.9. The fourth-order valence-electron chi connectivity index (χ4n) is 2.56. The third-order valence-electron chi connectivity index (χ3n) is 4.00. The van der Waals surface area contributed by atoms with Crippen LogP contribution in [0, 0.1) is 6.92 Å². The van der Waals surface area contributed by atoms with E-state index in [1.807, 2.05) is 0 Å². The molecule has 0 unspecified atom stereocenters. The maximum absolute atomic E-state index is 12.4. The van der Waals surface area contributed by atoms with Gasteiger partial charge in [0.15, 0.2) is 0 Å². The normalized spacial score (nSPS) is 11.1. The summed E-state index contributed by atoms with van der Waals surface area (Å²) in [6, 6.07) is 11.9. The molecule has 1 heterocycles. The monoisotopic (exact) mass is 416 g/mol. The average Bonchev–Trinajstić information content (AvgIpc) is 3.16. The van der Waals surface area contributed by atoms with Crippen LogP contribution in [0.25, 0.3) is 11.4 Å². The summed E-state index contributed by atoms with van der Waals surface area (Å²) in [6.45, 7) is 1.77. The largest absolute Gasteiger partial charge is 0.497 e. The SMILES string of the molecule is COc1ccc(-c2noc(CNC(=O)c3ccc(NS(C)(=O)=O)c(C)c3)n2)cc1. The van der Waals surface area contributed by atoms with Gasteiger partial charge in [-0.25, -0.2) is 8.42 Å². The number of rotatable bonds is 7. The zero-order valence-electron chi connectivity index (χ0n) is 16.1. The summed E-state index contributed by atoms with van der Waals surface area (Å²) < 4.78 is 35.4. The lowest BCUT2D eigenvalue weighted by Crippen LogP contribution is -2.23. The van der Waals surface area contributed by atoms with Crippen LogP contribution < -0.4 is 14.8 Å². The zero-order chi connectivity index (χ0) is 21.0. The number of carbonyl (C=O) groups is 1. The van der Waals surface area contributed by atoms with E-state index < -0.39 is 10.0 Å². The van der Waals surface area contributed by atoms with Crippen LogP contribution >= 0.6 is 0 Å². The van der Waals surface area contributed by atoms with Crippen LogP contribution in [0.1, 0.15) is 21.8 Å². The minimum absolute atomic E-state index is 0.0599. The Kier molecular flexibility index (Phi) is 5.83. The van der Waals surface area contributed by atoms with Crippen LogP contribution in [-0.2, 0) is 16.6 Å². The molecule has 1 aromatic heterocycles. The van der Waals surface area contributed by atoms with E-state index in [-0.39, 0.29) is 18.3 Å². The summed E-state index contributed by atoms with van der Waals surface area (Å²) in [5.74, 6) is 1.04. The van der Waals surface area contributed by atoms with Crippen molar-refractivity contribution >= 4 is 21.6 Å². The first-order valence-corrected chi connectivity index (χ1v) is 10.5. The second kappa shape index (κ2) is 8.31. The van der Waals surface area contributed by atoms with Gasteiger partial charge in [0.25, 0.3) is 5.91 Å². The number of amides is 1. The van der Waals surface area contributed by atoms with Gasteiger partial charge >= 0.3 is 0 Å². The van der Waals surface area contributed by atoms with Crippen molar-refractivity contribution < 1.29 is 22.5 Å². The quantitative estimate of drug-likeness (QED) is 0.606. The Morgan fingerprint density at radius 3 is 2.52 bits per heavy atom. The number of benzene rings is 2. The summed E-state index contributed by atoms with van der Waals surface area (Å²) in [7, 11) is -1.80. The van der Waals surface area contributed by atoms with Crippen molar-refractivity contribution in [1.82, 2.24) is 15.5 Å². The van der Waals surface area contributed by atoms with E-state index in [0.29, 0.717) is 22.6 Å². The van der Waals surface area contributed by atoms with Gasteiger partial charge in [-0.15, -0.1) is 0 Å². The molecule has 0 saturated heterocycles. The Labute approximate surface area is 168 Å². The maximum Gasteiger partial charge on any atom is 0.251 e. The molecule has 29 heavy (non-hydrogen) atoms. The van der Waals surface area contributed by atoms with E-state index in [9.17, 15) is 13.2 Å². The highest BCUT2D eigenvalue weighted by Crippen LogP contribution is 2.20. The van der Waals surface area contributed by atoms with Crippen LogP contribution in [-0.4, -0.2) is 37.8 Å². The number of methoxy groups -OCH3 is 1. The Hall–Kier alpha value is -3.40. The third kappa shape index (κ3) is 5.32. The van der Waals surface area contributed by atoms with E-state index in [0.717, 1.165) is 17.6 Å². The van der Waals surface area contributed by atoms with Gasteiger partial charge in [-0.3, -0.25) is 9.52 Å². The number of hydrogen-bond donors (Lipinski definition) is 2. The third-order valence-corrected chi connectivity index (χ3v) is 4.59. The Morgan fingerprint density at radius 1 is 1.17 bits per heavy atom. The fourth-order valence-corrected chi connectivity index (χ4v) is 3.19. The number of ether oxygens (including phenoxy) is 1. The Balaban J connectivity index is 1.63. The standard InChI is InChI=1S/C19H20N4O5S/c1-12-10-14(6-9-16(12)23-29(3,25)26)19(24)20-11-17-21-18(22-28-17)13-4-7-15(27-2)8-5-13/h4-10,23H,11H2,1-3H3,(H,20,24). The number of sulfonamides is 1. The molecular weight excluding hydrogens is 396 g/mol. The molecule has 3 rings (SSSR count). The molecule has 2 aromatic carbocycles. The molecule has 9 nitrogen and oxygen atoms in total. The molecular formula is C19H20N4O5S.